The first-order valence-electron chi connectivity index (χ1n) is 4.04. The molecule has 0 aliphatic carbocycles. The summed E-state index contributed by atoms with van der Waals surface area (Å²) in [5, 5.41) is 0. The van der Waals surface area contributed by atoms with Gasteiger partial charge in [-0.15, -0.1) is 0 Å². The Kier molecular flexibility index (Phi) is 3.44. The van der Waals surface area contributed by atoms with Gasteiger partial charge >= 0.3 is 0 Å². The van der Waals surface area contributed by atoms with Crippen molar-refractivity contribution in [3.05, 3.63) is 32.9 Å². The van der Waals surface area contributed by atoms with Crippen LogP contribution in [0, 0.1) is 10.5 Å². The average molecular weight is 289 g/mol. The lowest BCUT2D eigenvalue weighted by atomic mass is 10.00. The number of hydrogen-bond donors (Lipinski definition) is 1. The summed E-state index contributed by atoms with van der Waals surface area (Å²) in [6.45, 7) is 3.48. The third-order valence-corrected chi connectivity index (χ3v) is 2.69. The van der Waals surface area contributed by atoms with Crippen molar-refractivity contribution in [3.8, 4) is 0 Å². The molecule has 1 atom stereocenters. The molecule has 0 saturated heterocycles. The van der Waals surface area contributed by atoms with Crippen molar-refractivity contribution >= 4 is 28.4 Å². The van der Waals surface area contributed by atoms with E-state index in [0.717, 1.165) is 14.7 Å². The molecule has 1 unspecified atom stereocenters. The molecule has 0 radical (unpaired) electrons. The van der Waals surface area contributed by atoms with E-state index < -0.39 is 6.04 Å². The van der Waals surface area contributed by atoms with E-state index in [-0.39, 0.29) is 5.78 Å². The Morgan fingerprint density at radius 1 is 1.54 bits per heavy atom. The van der Waals surface area contributed by atoms with Gasteiger partial charge in [-0.3, -0.25) is 4.79 Å². The molecule has 0 amide bonds. The molecule has 0 aliphatic rings. The summed E-state index contributed by atoms with van der Waals surface area (Å²) in [4.78, 5) is 11.1. The fourth-order valence-electron chi connectivity index (χ4n) is 1.17. The highest BCUT2D eigenvalue weighted by atomic mass is 127. The van der Waals surface area contributed by atoms with E-state index >= 15 is 0 Å². The van der Waals surface area contributed by atoms with Crippen LogP contribution in [0.3, 0.4) is 0 Å². The first-order valence-corrected chi connectivity index (χ1v) is 5.12. The average Bonchev–Trinajstić information content (AvgIpc) is 2.08. The van der Waals surface area contributed by atoms with Gasteiger partial charge in [0.05, 0.1) is 6.04 Å². The van der Waals surface area contributed by atoms with Gasteiger partial charge in [0.25, 0.3) is 0 Å². The lowest BCUT2D eigenvalue weighted by Crippen LogP contribution is -2.19. The molecule has 2 nitrogen and oxygen atoms in total. The highest BCUT2D eigenvalue weighted by Gasteiger charge is 2.13. The van der Waals surface area contributed by atoms with Gasteiger partial charge in [-0.25, -0.2) is 0 Å². The predicted molar refractivity (Wildman–Crippen MR) is 61.5 cm³/mol. The Morgan fingerprint density at radius 3 is 2.69 bits per heavy atom. The molecule has 1 rings (SSSR count). The van der Waals surface area contributed by atoms with Gasteiger partial charge in [0.1, 0.15) is 0 Å². The molecule has 0 heterocycles. The van der Waals surface area contributed by atoms with E-state index in [2.05, 4.69) is 22.6 Å². The third-order valence-electron chi connectivity index (χ3n) is 2.01. The quantitative estimate of drug-likeness (QED) is 0.848. The number of carbonyl (C=O) groups is 1. The molecule has 0 aliphatic heterocycles. The van der Waals surface area contributed by atoms with Crippen LogP contribution in [0.25, 0.3) is 0 Å². The van der Waals surface area contributed by atoms with Gasteiger partial charge in [-0.1, -0.05) is 6.07 Å². The number of nitrogens with two attached hydrogens (primary N) is 1. The van der Waals surface area contributed by atoms with Crippen molar-refractivity contribution in [2.75, 3.05) is 0 Å². The zero-order chi connectivity index (χ0) is 10.0. The number of rotatable bonds is 2. The topological polar surface area (TPSA) is 43.1 Å². The largest absolute Gasteiger partial charge is 0.318 e. The minimum absolute atomic E-state index is 0.00472. The summed E-state index contributed by atoms with van der Waals surface area (Å²) in [5.74, 6) is 0.00472. The Bertz CT molecular complexity index is 336. The first kappa shape index (κ1) is 10.7. The van der Waals surface area contributed by atoms with Crippen LogP contribution in [-0.4, -0.2) is 5.78 Å². The second kappa shape index (κ2) is 4.19. The maximum absolute atomic E-state index is 11.1. The summed E-state index contributed by atoms with van der Waals surface area (Å²) in [5.41, 5.74) is 7.76. The van der Waals surface area contributed by atoms with Crippen molar-refractivity contribution in [1.29, 1.82) is 0 Å². The number of benzene rings is 1. The predicted octanol–water partition coefficient (Wildman–Crippen LogP) is 2.19. The summed E-state index contributed by atoms with van der Waals surface area (Å²) in [6, 6.07) is 5.48. The summed E-state index contributed by atoms with van der Waals surface area (Å²) in [6.07, 6.45) is 0. The fourth-order valence-corrected chi connectivity index (χ4v) is 1.68. The number of halogens is 1. The van der Waals surface area contributed by atoms with Crippen LogP contribution >= 0.6 is 22.6 Å². The number of aryl methyl sites for hydroxylation is 1. The molecule has 70 valence electrons. The van der Waals surface area contributed by atoms with Crippen molar-refractivity contribution in [2.24, 2.45) is 5.73 Å². The molecule has 2 N–H and O–H groups in total. The van der Waals surface area contributed by atoms with Crippen LogP contribution in [0.5, 0.6) is 0 Å². The zero-order valence-corrected chi connectivity index (χ0v) is 9.83. The molecule has 13 heavy (non-hydrogen) atoms. The summed E-state index contributed by atoms with van der Waals surface area (Å²) in [7, 11) is 0. The molecule has 0 spiro atoms. The number of Topliss-reactive ketones (excluding diaryl/α,β-unsaturated/α-hetero) is 1. The van der Waals surface area contributed by atoms with Gasteiger partial charge in [-0.05, 0) is 59.7 Å². The second-order valence-electron chi connectivity index (χ2n) is 3.09. The minimum atomic E-state index is -0.477. The van der Waals surface area contributed by atoms with Crippen molar-refractivity contribution < 1.29 is 4.79 Å². The smallest absolute Gasteiger partial charge is 0.150 e. The molecule has 1 aromatic rings. The van der Waals surface area contributed by atoms with Gasteiger partial charge < -0.3 is 5.73 Å². The summed E-state index contributed by atoms with van der Waals surface area (Å²) < 4.78 is 1.11. The zero-order valence-electron chi connectivity index (χ0n) is 7.67. The third kappa shape index (κ3) is 2.51. The van der Waals surface area contributed by atoms with E-state index in [1.807, 2.05) is 25.1 Å². The lowest BCUT2D eigenvalue weighted by molar-refractivity contribution is -0.118. The molecule has 0 aromatic heterocycles. The second-order valence-corrected chi connectivity index (χ2v) is 4.33. The molecule has 3 heteroatoms. The molecular formula is C10H12INO. The molecular weight excluding hydrogens is 277 g/mol. The molecule has 0 fully saturated rings. The lowest BCUT2D eigenvalue weighted by Gasteiger charge is -2.11. The highest BCUT2D eigenvalue weighted by Crippen LogP contribution is 2.19. The van der Waals surface area contributed by atoms with Gasteiger partial charge in [-0.2, -0.15) is 0 Å². The fraction of sp³-hybridized carbons (Fsp3) is 0.300. The minimum Gasteiger partial charge on any atom is -0.318 e. The van der Waals surface area contributed by atoms with Crippen LogP contribution in [0.15, 0.2) is 18.2 Å². The maximum atomic E-state index is 11.1. The molecule has 1 aromatic carbocycles. The molecule has 0 bridgehead atoms. The van der Waals surface area contributed by atoms with Crippen molar-refractivity contribution in [1.82, 2.24) is 0 Å². The Balaban J connectivity index is 3.12. The van der Waals surface area contributed by atoms with E-state index in [1.165, 1.54) is 6.92 Å². The van der Waals surface area contributed by atoms with Crippen LogP contribution in [0.2, 0.25) is 0 Å². The van der Waals surface area contributed by atoms with Crippen LogP contribution in [-0.2, 0) is 4.79 Å². The Morgan fingerprint density at radius 2 is 2.15 bits per heavy atom. The van der Waals surface area contributed by atoms with E-state index in [9.17, 15) is 4.79 Å². The van der Waals surface area contributed by atoms with Gasteiger partial charge in [0.15, 0.2) is 5.78 Å². The van der Waals surface area contributed by atoms with Gasteiger partial charge in [0, 0.05) is 3.57 Å². The monoisotopic (exact) mass is 289 g/mol. The number of ketones is 1. The Labute approximate surface area is 91.7 Å². The maximum Gasteiger partial charge on any atom is 0.150 e. The van der Waals surface area contributed by atoms with Crippen molar-refractivity contribution in [2.45, 2.75) is 19.9 Å². The van der Waals surface area contributed by atoms with Gasteiger partial charge in [0.2, 0.25) is 0 Å². The highest BCUT2D eigenvalue weighted by molar-refractivity contribution is 14.1. The SMILES string of the molecule is CC(=O)C(N)c1cc(I)ccc1C. The number of hydrogen-bond acceptors (Lipinski definition) is 2. The normalized spacial score (nSPS) is 12.6. The summed E-state index contributed by atoms with van der Waals surface area (Å²) >= 11 is 2.21. The van der Waals surface area contributed by atoms with Crippen LogP contribution in [0.4, 0.5) is 0 Å². The Hall–Kier alpha value is -0.420. The van der Waals surface area contributed by atoms with Crippen LogP contribution in [0.1, 0.15) is 24.1 Å². The van der Waals surface area contributed by atoms with Crippen LogP contribution < -0.4 is 5.73 Å². The molecule has 0 saturated carbocycles. The number of carbonyl (C=O) groups excluding carboxylic acids is 1. The van der Waals surface area contributed by atoms with E-state index in [0.29, 0.717) is 0 Å². The standard InChI is InChI=1S/C10H12INO/c1-6-3-4-8(11)5-9(6)10(12)7(2)13/h3-5,10H,12H2,1-2H3. The van der Waals surface area contributed by atoms with E-state index in [4.69, 9.17) is 5.73 Å². The van der Waals surface area contributed by atoms with Crippen molar-refractivity contribution in [3.63, 3.8) is 0 Å². The van der Waals surface area contributed by atoms with E-state index in [1.54, 1.807) is 0 Å². The first-order chi connectivity index (χ1) is 6.02.